The Bertz CT molecular complexity index is 392. The first-order chi connectivity index (χ1) is 8.11. The third-order valence-electron chi connectivity index (χ3n) is 3.37. The van der Waals surface area contributed by atoms with Gasteiger partial charge in [0.1, 0.15) is 5.75 Å². The van der Waals surface area contributed by atoms with Gasteiger partial charge in [0.15, 0.2) is 0 Å². The van der Waals surface area contributed by atoms with Crippen molar-refractivity contribution in [2.45, 2.75) is 44.3 Å². The van der Waals surface area contributed by atoms with Gasteiger partial charge < -0.3 is 9.47 Å². The van der Waals surface area contributed by atoms with Crippen LogP contribution in [0.1, 0.15) is 36.3 Å². The van der Waals surface area contributed by atoms with Crippen LogP contribution in [0.4, 0.5) is 0 Å². The molecule has 2 rings (SSSR count). The molecule has 1 aliphatic heterocycles. The van der Waals surface area contributed by atoms with E-state index in [4.69, 9.17) is 21.1 Å². The second-order valence-corrected chi connectivity index (χ2v) is 5.16. The van der Waals surface area contributed by atoms with Gasteiger partial charge in [-0.3, -0.25) is 0 Å². The SMILES string of the molecule is COc1ccc(C(Cl)C2CCC(C)O2)c(C)c1. The number of aryl methyl sites for hydroxylation is 1. The minimum atomic E-state index is -0.0640. The molecule has 1 fully saturated rings. The standard InChI is InChI=1S/C14H19ClO2/c1-9-8-11(16-3)5-6-12(9)14(15)13-7-4-10(2)17-13/h5-6,8,10,13-14H,4,7H2,1-3H3. The molecule has 2 nitrogen and oxygen atoms in total. The van der Waals surface area contributed by atoms with Crippen LogP contribution in [0, 0.1) is 6.92 Å². The fourth-order valence-corrected chi connectivity index (χ4v) is 2.76. The summed E-state index contributed by atoms with van der Waals surface area (Å²) in [6, 6.07) is 6.01. The number of methoxy groups -OCH3 is 1. The Hall–Kier alpha value is -0.730. The van der Waals surface area contributed by atoms with E-state index in [0.717, 1.165) is 29.7 Å². The molecule has 1 heterocycles. The van der Waals surface area contributed by atoms with Crippen molar-refractivity contribution in [2.75, 3.05) is 7.11 Å². The van der Waals surface area contributed by atoms with Crippen LogP contribution in [0.15, 0.2) is 18.2 Å². The van der Waals surface area contributed by atoms with Crippen LogP contribution in [-0.2, 0) is 4.74 Å². The maximum Gasteiger partial charge on any atom is 0.119 e. The van der Waals surface area contributed by atoms with Crippen LogP contribution in [0.5, 0.6) is 5.75 Å². The molecule has 17 heavy (non-hydrogen) atoms. The predicted octanol–water partition coefficient (Wildman–Crippen LogP) is 3.85. The Morgan fingerprint density at radius 3 is 2.71 bits per heavy atom. The van der Waals surface area contributed by atoms with Crippen LogP contribution < -0.4 is 4.74 Å². The summed E-state index contributed by atoms with van der Waals surface area (Å²) >= 11 is 6.51. The zero-order valence-electron chi connectivity index (χ0n) is 10.6. The number of hydrogen-bond acceptors (Lipinski definition) is 2. The molecule has 0 aliphatic carbocycles. The second kappa shape index (κ2) is 5.28. The van der Waals surface area contributed by atoms with E-state index < -0.39 is 0 Å². The van der Waals surface area contributed by atoms with Crippen molar-refractivity contribution in [1.29, 1.82) is 0 Å². The molecule has 3 unspecified atom stereocenters. The van der Waals surface area contributed by atoms with Gasteiger partial charge in [0.05, 0.1) is 24.7 Å². The lowest BCUT2D eigenvalue weighted by Crippen LogP contribution is -2.15. The molecule has 0 saturated carbocycles. The van der Waals surface area contributed by atoms with Crippen LogP contribution in [0.25, 0.3) is 0 Å². The molecular weight excluding hydrogens is 236 g/mol. The summed E-state index contributed by atoms with van der Waals surface area (Å²) in [5.41, 5.74) is 2.30. The quantitative estimate of drug-likeness (QED) is 0.763. The van der Waals surface area contributed by atoms with E-state index in [1.807, 2.05) is 18.2 Å². The number of rotatable bonds is 3. The van der Waals surface area contributed by atoms with Gasteiger partial charge in [0.2, 0.25) is 0 Å². The minimum absolute atomic E-state index is 0.0640. The Labute approximate surface area is 108 Å². The lowest BCUT2D eigenvalue weighted by molar-refractivity contribution is 0.0532. The van der Waals surface area contributed by atoms with E-state index in [2.05, 4.69) is 13.8 Å². The molecule has 0 radical (unpaired) electrons. The third kappa shape index (κ3) is 2.75. The number of benzene rings is 1. The highest BCUT2D eigenvalue weighted by molar-refractivity contribution is 6.21. The van der Waals surface area contributed by atoms with Gasteiger partial charge in [0.25, 0.3) is 0 Å². The molecule has 0 spiro atoms. The second-order valence-electron chi connectivity index (χ2n) is 4.69. The van der Waals surface area contributed by atoms with Gasteiger partial charge in [-0.2, -0.15) is 0 Å². The molecule has 1 aliphatic rings. The van der Waals surface area contributed by atoms with Crippen molar-refractivity contribution in [2.24, 2.45) is 0 Å². The topological polar surface area (TPSA) is 18.5 Å². The Balaban J connectivity index is 2.16. The van der Waals surface area contributed by atoms with Crippen LogP contribution in [-0.4, -0.2) is 19.3 Å². The summed E-state index contributed by atoms with van der Waals surface area (Å²) in [5, 5.41) is -0.0640. The molecule has 0 bridgehead atoms. The normalized spacial score (nSPS) is 25.9. The molecule has 0 amide bonds. The van der Waals surface area contributed by atoms with E-state index in [1.165, 1.54) is 0 Å². The fourth-order valence-electron chi connectivity index (χ4n) is 2.33. The van der Waals surface area contributed by atoms with Crippen molar-refractivity contribution < 1.29 is 9.47 Å². The first kappa shape index (κ1) is 12.7. The van der Waals surface area contributed by atoms with Gasteiger partial charge in [-0.05, 0) is 49.9 Å². The number of ether oxygens (including phenoxy) is 2. The summed E-state index contributed by atoms with van der Waals surface area (Å²) < 4.78 is 11.0. The third-order valence-corrected chi connectivity index (χ3v) is 3.88. The molecule has 1 saturated heterocycles. The van der Waals surface area contributed by atoms with E-state index in [1.54, 1.807) is 7.11 Å². The van der Waals surface area contributed by atoms with Gasteiger partial charge >= 0.3 is 0 Å². The summed E-state index contributed by atoms with van der Waals surface area (Å²) in [7, 11) is 1.67. The molecule has 0 aromatic heterocycles. The average molecular weight is 255 g/mol. The highest BCUT2D eigenvalue weighted by Crippen LogP contribution is 2.36. The predicted molar refractivity (Wildman–Crippen MR) is 69.9 cm³/mol. The fraction of sp³-hybridized carbons (Fsp3) is 0.571. The van der Waals surface area contributed by atoms with Crippen molar-refractivity contribution in [3.05, 3.63) is 29.3 Å². The lowest BCUT2D eigenvalue weighted by atomic mass is 10.00. The van der Waals surface area contributed by atoms with E-state index in [9.17, 15) is 0 Å². The van der Waals surface area contributed by atoms with Gasteiger partial charge in [0, 0.05) is 0 Å². The number of alkyl halides is 1. The number of hydrogen-bond donors (Lipinski definition) is 0. The van der Waals surface area contributed by atoms with Crippen molar-refractivity contribution in [3.63, 3.8) is 0 Å². The maximum absolute atomic E-state index is 6.51. The van der Waals surface area contributed by atoms with E-state index in [0.29, 0.717) is 6.10 Å². The Morgan fingerprint density at radius 1 is 1.41 bits per heavy atom. The van der Waals surface area contributed by atoms with Crippen LogP contribution in [0.3, 0.4) is 0 Å². The molecule has 3 heteroatoms. The highest BCUT2D eigenvalue weighted by Gasteiger charge is 2.30. The van der Waals surface area contributed by atoms with Crippen LogP contribution >= 0.6 is 11.6 Å². The summed E-state index contributed by atoms with van der Waals surface area (Å²) in [4.78, 5) is 0. The molecule has 94 valence electrons. The molecular formula is C14H19ClO2. The monoisotopic (exact) mass is 254 g/mol. The van der Waals surface area contributed by atoms with E-state index in [-0.39, 0.29) is 11.5 Å². The zero-order chi connectivity index (χ0) is 12.4. The van der Waals surface area contributed by atoms with Gasteiger partial charge in [-0.15, -0.1) is 11.6 Å². The average Bonchev–Trinajstić information content (AvgIpc) is 2.75. The molecule has 3 atom stereocenters. The molecule has 1 aromatic carbocycles. The first-order valence-corrected chi connectivity index (χ1v) is 6.49. The Kier molecular flexibility index (Phi) is 3.95. The molecule has 1 aromatic rings. The van der Waals surface area contributed by atoms with E-state index >= 15 is 0 Å². The summed E-state index contributed by atoms with van der Waals surface area (Å²) in [6.07, 6.45) is 2.61. The van der Waals surface area contributed by atoms with Crippen molar-refractivity contribution >= 4 is 11.6 Å². The lowest BCUT2D eigenvalue weighted by Gasteiger charge is -2.20. The number of halogens is 1. The smallest absolute Gasteiger partial charge is 0.119 e. The minimum Gasteiger partial charge on any atom is -0.497 e. The molecule has 0 N–H and O–H groups in total. The first-order valence-electron chi connectivity index (χ1n) is 6.06. The van der Waals surface area contributed by atoms with Gasteiger partial charge in [-0.25, -0.2) is 0 Å². The maximum atomic E-state index is 6.51. The largest absolute Gasteiger partial charge is 0.497 e. The Morgan fingerprint density at radius 2 is 2.18 bits per heavy atom. The zero-order valence-corrected chi connectivity index (χ0v) is 11.3. The van der Waals surface area contributed by atoms with Crippen molar-refractivity contribution in [3.8, 4) is 5.75 Å². The summed E-state index contributed by atoms with van der Waals surface area (Å²) in [5.74, 6) is 0.871. The highest BCUT2D eigenvalue weighted by atomic mass is 35.5. The summed E-state index contributed by atoms with van der Waals surface area (Å²) in [6.45, 7) is 4.16. The van der Waals surface area contributed by atoms with Crippen molar-refractivity contribution in [1.82, 2.24) is 0 Å². The van der Waals surface area contributed by atoms with Gasteiger partial charge in [-0.1, -0.05) is 6.07 Å². The van der Waals surface area contributed by atoms with Crippen LogP contribution in [0.2, 0.25) is 0 Å².